The predicted molar refractivity (Wildman–Crippen MR) is 108 cm³/mol. The lowest BCUT2D eigenvalue weighted by molar-refractivity contribution is -0.142. The van der Waals surface area contributed by atoms with Gasteiger partial charge in [-0.1, -0.05) is 0 Å². The van der Waals surface area contributed by atoms with E-state index >= 15 is 0 Å². The molecule has 0 fully saturated rings. The average molecular weight is 459 g/mol. The monoisotopic (exact) mass is 459 g/mol. The molecule has 0 radical (unpaired) electrons. The van der Waals surface area contributed by atoms with Crippen molar-refractivity contribution < 1.29 is 38.7 Å². The zero-order valence-corrected chi connectivity index (χ0v) is 17.5. The molecule has 0 saturated carbocycles. The topological polar surface area (TPSA) is 280 Å². The highest BCUT2D eigenvalue weighted by atomic mass is 16.4. The van der Waals surface area contributed by atoms with E-state index in [4.69, 9.17) is 28.0 Å². The molecule has 0 spiro atoms. The minimum atomic E-state index is -1.56. The summed E-state index contributed by atoms with van der Waals surface area (Å²) in [5.41, 5.74) is 20.8. The molecule has 0 heterocycles. The Morgan fingerprint density at radius 3 is 1.66 bits per heavy atom. The lowest BCUT2D eigenvalue weighted by Gasteiger charge is -2.24. The van der Waals surface area contributed by atoms with Gasteiger partial charge in [0.25, 0.3) is 0 Å². The van der Waals surface area contributed by atoms with Crippen LogP contribution in [0.25, 0.3) is 0 Å². The lowest BCUT2D eigenvalue weighted by atomic mass is 10.1. The quantitative estimate of drug-likeness (QED) is 0.116. The maximum Gasteiger partial charge on any atom is 0.325 e. The predicted octanol–water partition coefficient (Wildman–Crippen LogP) is -4.72. The Kier molecular flexibility index (Phi) is 11.9. The van der Waals surface area contributed by atoms with Crippen molar-refractivity contribution in [2.45, 2.75) is 63.2 Å². The standard InChI is InChI=1S/C17H29N7O8/c1-7(17(31)32)22-16(30)10(6-13(21)27)24-15(29)9(3-5-12(20)26)23-14(28)8(18)2-4-11(19)25/h7-10H,2-6,18H2,1H3,(H2,19,25)(H2,20,26)(H2,21,27)(H,22,30)(H,23,28)(H,24,29)(H,31,32). The number of carboxylic acid groups (broad SMARTS) is 1. The fourth-order valence-corrected chi connectivity index (χ4v) is 2.32. The molecule has 0 rings (SSSR count). The molecule has 4 atom stereocenters. The number of carboxylic acids is 1. The van der Waals surface area contributed by atoms with E-state index in [-0.39, 0.29) is 25.7 Å². The third-order valence-corrected chi connectivity index (χ3v) is 4.12. The van der Waals surface area contributed by atoms with Gasteiger partial charge in [-0.25, -0.2) is 0 Å². The molecule has 6 amide bonds. The maximum atomic E-state index is 12.7. The van der Waals surface area contributed by atoms with E-state index < -0.39 is 72.0 Å². The normalized spacial score (nSPS) is 14.2. The summed E-state index contributed by atoms with van der Waals surface area (Å²) in [7, 11) is 0. The first-order chi connectivity index (χ1) is 14.7. The fraction of sp³-hybridized carbons (Fsp3) is 0.588. The molecule has 0 aromatic heterocycles. The van der Waals surface area contributed by atoms with Crippen LogP contribution < -0.4 is 38.9 Å². The third-order valence-electron chi connectivity index (χ3n) is 4.12. The number of carbonyl (C=O) groups is 7. The molecule has 180 valence electrons. The van der Waals surface area contributed by atoms with Gasteiger partial charge in [0.15, 0.2) is 0 Å². The van der Waals surface area contributed by atoms with E-state index in [0.717, 1.165) is 6.92 Å². The van der Waals surface area contributed by atoms with Crippen LogP contribution >= 0.6 is 0 Å². The van der Waals surface area contributed by atoms with E-state index in [2.05, 4.69) is 16.0 Å². The maximum absolute atomic E-state index is 12.7. The zero-order valence-electron chi connectivity index (χ0n) is 17.5. The Morgan fingerprint density at radius 2 is 1.19 bits per heavy atom. The number of nitrogens with one attached hydrogen (secondary N) is 3. The van der Waals surface area contributed by atoms with Crippen molar-refractivity contribution >= 4 is 41.4 Å². The molecule has 32 heavy (non-hydrogen) atoms. The van der Waals surface area contributed by atoms with E-state index in [1.807, 2.05) is 0 Å². The summed E-state index contributed by atoms with van der Waals surface area (Å²) in [6.45, 7) is 1.16. The Morgan fingerprint density at radius 1 is 0.719 bits per heavy atom. The van der Waals surface area contributed by atoms with Crippen LogP contribution in [0.15, 0.2) is 0 Å². The molecule has 0 aliphatic heterocycles. The number of rotatable bonds is 15. The Bertz CT molecular complexity index is 757. The van der Waals surface area contributed by atoms with Crippen molar-refractivity contribution in [3.8, 4) is 0 Å². The first-order valence-corrected chi connectivity index (χ1v) is 9.49. The summed E-state index contributed by atoms with van der Waals surface area (Å²) in [6, 6.07) is -5.48. The van der Waals surface area contributed by atoms with Crippen molar-refractivity contribution in [1.29, 1.82) is 0 Å². The smallest absolute Gasteiger partial charge is 0.325 e. The second-order valence-electron chi connectivity index (χ2n) is 6.98. The molecule has 0 aliphatic rings. The minimum absolute atomic E-state index is 0.106. The van der Waals surface area contributed by atoms with Gasteiger partial charge >= 0.3 is 5.97 Å². The summed E-state index contributed by atoms with van der Waals surface area (Å²) in [4.78, 5) is 81.3. The molecule has 4 unspecified atom stereocenters. The molecular formula is C17H29N7O8. The number of hydrogen-bond acceptors (Lipinski definition) is 8. The molecule has 15 heteroatoms. The number of aliphatic carboxylic acids is 1. The molecule has 0 aromatic rings. The van der Waals surface area contributed by atoms with Crippen LogP contribution in [0, 0.1) is 0 Å². The van der Waals surface area contributed by atoms with Crippen molar-refractivity contribution in [2.75, 3.05) is 0 Å². The number of carbonyl (C=O) groups excluding carboxylic acids is 6. The molecule has 12 N–H and O–H groups in total. The van der Waals surface area contributed by atoms with E-state index in [1.165, 1.54) is 0 Å². The summed E-state index contributed by atoms with van der Waals surface area (Å²) in [5.74, 6) is -6.63. The summed E-state index contributed by atoms with van der Waals surface area (Å²) < 4.78 is 0. The first kappa shape index (κ1) is 28.2. The average Bonchev–Trinajstić information content (AvgIpc) is 2.67. The highest BCUT2D eigenvalue weighted by Crippen LogP contribution is 2.03. The summed E-state index contributed by atoms with van der Waals surface area (Å²) in [6.07, 6.45) is -1.55. The van der Waals surface area contributed by atoms with Gasteiger partial charge in [0.1, 0.15) is 18.1 Å². The number of amides is 6. The van der Waals surface area contributed by atoms with Crippen LogP contribution in [0.1, 0.15) is 39.0 Å². The van der Waals surface area contributed by atoms with Gasteiger partial charge in [0, 0.05) is 12.8 Å². The molecule has 0 bridgehead atoms. The van der Waals surface area contributed by atoms with Gasteiger partial charge in [-0.3, -0.25) is 33.6 Å². The number of primary amides is 3. The summed E-state index contributed by atoms with van der Waals surface area (Å²) in [5, 5.41) is 15.4. The fourth-order valence-electron chi connectivity index (χ4n) is 2.32. The molecule has 0 aromatic carbocycles. The highest BCUT2D eigenvalue weighted by molar-refractivity contribution is 5.96. The van der Waals surface area contributed by atoms with Crippen LogP contribution in [0.5, 0.6) is 0 Å². The Labute approximate surface area is 183 Å². The molecule has 15 nitrogen and oxygen atoms in total. The van der Waals surface area contributed by atoms with Crippen molar-refractivity contribution in [3.05, 3.63) is 0 Å². The second kappa shape index (κ2) is 13.5. The van der Waals surface area contributed by atoms with Gasteiger partial charge in [0.2, 0.25) is 35.4 Å². The van der Waals surface area contributed by atoms with Gasteiger partial charge in [-0.15, -0.1) is 0 Å². The van der Waals surface area contributed by atoms with Crippen LogP contribution in [-0.4, -0.2) is 70.7 Å². The SMILES string of the molecule is CC(NC(=O)C(CC(N)=O)NC(=O)C(CCC(N)=O)NC(=O)C(N)CCC(N)=O)C(=O)O. The minimum Gasteiger partial charge on any atom is -0.480 e. The zero-order chi connectivity index (χ0) is 25.0. The highest BCUT2D eigenvalue weighted by Gasteiger charge is 2.30. The van der Waals surface area contributed by atoms with E-state index in [1.54, 1.807) is 0 Å². The Hall–Kier alpha value is -3.75. The van der Waals surface area contributed by atoms with Crippen LogP contribution in [0.3, 0.4) is 0 Å². The Balaban J connectivity index is 5.41. The van der Waals surface area contributed by atoms with Gasteiger partial charge in [-0.05, 0) is 19.8 Å². The van der Waals surface area contributed by atoms with Crippen molar-refractivity contribution in [2.24, 2.45) is 22.9 Å². The molecule has 0 saturated heterocycles. The number of hydrogen-bond donors (Lipinski definition) is 8. The molecular weight excluding hydrogens is 430 g/mol. The summed E-state index contributed by atoms with van der Waals surface area (Å²) >= 11 is 0. The van der Waals surface area contributed by atoms with Crippen molar-refractivity contribution in [3.63, 3.8) is 0 Å². The van der Waals surface area contributed by atoms with Crippen molar-refractivity contribution in [1.82, 2.24) is 16.0 Å². The van der Waals surface area contributed by atoms with Gasteiger partial charge in [0.05, 0.1) is 12.5 Å². The third kappa shape index (κ3) is 11.4. The largest absolute Gasteiger partial charge is 0.480 e. The van der Waals surface area contributed by atoms with Gasteiger partial charge < -0.3 is 44.0 Å². The van der Waals surface area contributed by atoms with Crippen LogP contribution in [0.4, 0.5) is 0 Å². The first-order valence-electron chi connectivity index (χ1n) is 9.49. The number of nitrogens with two attached hydrogens (primary N) is 4. The van der Waals surface area contributed by atoms with E-state index in [9.17, 15) is 33.6 Å². The second-order valence-corrected chi connectivity index (χ2v) is 6.98. The lowest BCUT2D eigenvalue weighted by Crippen LogP contribution is -2.57. The molecule has 0 aliphatic carbocycles. The van der Waals surface area contributed by atoms with E-state index in [0.29, 0.717) is 0 Å². The van der Waals surface area contributed by atoms with Crippen LogP contribution in [0.2, 0.25) is 0 Å². The van der Waals surface area contributed by atoms with Crippen LogP contribution in [-0.2, 0) is 33.6 Å². The van der Waals surface area contributed by atoms with Gasteiger partial charge in [-0.2, -0.15) is 0 Å².